The van der Waals surface area contributed by atoms with Crippen LogP contribution in [0.25, 0.3) is 0 Å². The Labute approximate surface area is 242 Å². The van der Waals surface area contributed by atoms with E-state index in [0.717, 1.165) is 19.3 Å². The van der Waals surface area contributed by atoms with E-state index in [2.05, 4.69) is 20.8 Å². The maximum atomic E-state index is 13.2. The summed E-state index contributed by atoms with van der Waals surface area (Å²) in [6, 6.07) is 16.9. The molecule has 0 amide bonds. The molecule has 0 radical (unpaired) electrons. The average molecular weight is 565 g/mol. The van der Waals surface area contributed by atoms with E-state index in [-0.39, 0.29) is 12.7 Å². The van der Waals surface area contributed by atoms with Crippen molar-refractivity contribution in [1.29, 1.82) is 0 Å². The molecule has 8 nitrogen and oxygen atoms in total. The molecule has 2 aromatic rings. The van der Waals surface area contributed by atoms with Crippen LogP contribution in [0.5, 0.6) is 0 Å². The second-order valence-electron chi connectivity index (χ2n) is 11.2. The first-order valence-corrected chi connectivity index (χ1v) is 14.3. The zero-order chi connectivity index (χ0) is 29.4. The van der Waals surface area contributed by atoms with Crippen LogP contribution in [0.1, 0.15) is 60.7 Å². The fraction of sp³-hybridized carbons (Fsp3) is 0.485. The van der Waals surface area contributed by atoms with Gasteiger partial charge in [-0.05, 0) is 60.9 Å². The number of benzene rings is 2. The SMILES string of the molecule is CO[C@@H]1C=C[C@H](OC(=O)c2ccccc2)[C@H](OC(=O)c2ccccc2)[C@H]1OC(=O)CO[C@@H]1C[C@H](C)CC[C@H]1C(C)C. The Balaban J connectivity index is 1.52. The quantitative estimate of drug-likeness (QED) is 0.215. The van der Waals surface area contributed by atoms with E-state index < -0.39 is 42.3 Å². The van der Waals surface area contributed by atoms with Crippen LogP contribution in [-0.4, -0.2) is 62.1 Å². The van der Waals surface area contributed by atoms with Crippen molar-refractivity contribution in [3.63, 3.8) is 0 Å². The predicted molar refractivity (Wildman–Crippen MR) is 152 cm³/mol. The molecule has 220 valence electrons. The lowest BCUT2D eigenvalue weighted by molar-refractivity contribution is -0.179. The van der Waals surface area contributed by atoms with E-state index in [1.807, 2.05) is 0 Å². The number of rotatable bonds is 10. The molecule has 0 aromatic heterocycles. The number of ether oxygens (including phenoxy) is 5. The van der Waals surface area contributed by atoms with Crippen LogP contribution in [0, 0.1) is 17.8 Å². The van der Waals surface area contributed by atoms with Gasteiger partial charge in [0.05, 0.1) is 17.2 Å². The van der Waals surface area contributed by atoms with Gasteiger partial charge < -0.3 is 23.7 Å². The number of hydrogen-bond donors (Lipinski definition) is 0. The van der Waals surface area contributed by atoms with Gasteiger partial charge in [0, 0.05) is 7.11 Å². The van der Waals surface area contributed by atoms with Crippen LogP contribution < -0.4 is 0 Å². The van der Waals surface area contributed by atoms with E-state index in [0.29, 0.717) is 28.9 Å². The summed E-state index contributed by atoms with van der Waals surface area (Å²) < 4.78 is 29.2. The summed E-state index contributed by atoms with van der Waals surface area (Å²) in [6.45, 7) is 6.31. The van der Waals surface area contributed by atoms with E-state index >= 15 is 0 Å². The maximum absolute atomic E-state index is 13.2. The third-order valence-corrected chi connectivity index (χ3v) is 7.88. The fourth-order valence-corrected chi connectivity index (χ4v) is 5.60. The highest BCUT2D eigenvalue weighted by atomic mass is 16.6. The van der Waals surface area contributed by atoms with E-state index in [9.17, 15) is 14.4 Å². The van der Waals surface area contributed by atoms with Crippen LogP contribution in [0.3, 0.4) is 0 Å². The summed E-state index contributed by atoms with van der Waals surface area (Å²) in [4.78, 5) is 39.2. The first-order chi connectivity index (χ1) is 19.8. The van der Waals surface area contributed by atoms with Gasteiger partial charge >= 0.3 is 17.9 Å². The Kier molecular flexibility index (Phi) is 10.7. The molecule has 0 unspecified atom stereocenters. The van der Waals surface area contributed by atoms with Crippen molar-refractivity contribution in [3.8, 4) is 0 Å². The van der Waals surface area contributed by atoms with Gasteiger partial charge in [-0.3, -0.25) is 0 Å². The molecule has 1 saturated carbocycles. The van der Waals surface area contributed by atoms with Crippen molar-refractivity contribution >= 4 is 17.9 Å². The Morgan fingerprint density at radius 2 is 1.34 bits per heavy atom. The lowest BCUT2D eigenvalue weighted by atomic mass is 9.75. The molecule has 8 heteroatoms. The zero-order valence-corrected chi connectivity index (χ0v) is 24.1. The molecule has 2 aromatic carbocycles. The molecular formula is C33H40O8. The molecule has 0 aliphatic heterocycles. The van der Waals surface area contributed by atoms with Gasteiger partial charge in [0.1, 0.15) is 12.7 Å². The topological polar surface area (TPSA) is 97.4 Å². The third-order valence-electron chi connectivity index (χ3n) is 7.88. The first kappa shape index (κ1) is 30.5. The minimum absolute atomic E-state index is 0.0398. The minimum Gasteiger partial charge on any atom is -0.453 e. The highest BCUT2D eigenvalue weighted by molar-refractivity contribution is 5.90. The van der Waals surface area contributed by atoms with Crippen molar-refractivity contribution in [2.75, 3.05) is 13.7 Å². The number of esters is 3. The summed E-state index contributed by atoms with van der Waals surface area (Å²) in [5.41, 5.74) is 0.648. The summed E-state index contributed by atoms with van der Waals surface area (Å²) in [5, 5.41) is 0. The average Bonchev–Trinajstić information content (AvgIpc) is 2.98. The van der Waals surface area contributed by atoms with E-state index in [1.165, 1.54) is 7.11 Å². The van der Waals surface area contributed by atoms with Crippen LogP contribution in [0.15, 0.2) is 72.8 Å². The van der Waals surface area contributed by atoms with Gasteiger partial charge in [0.2, 0.25) is 0 Å². The van der Waals surface area contributed by atoms with Crippen LogP contribution >= 0.6 is 0 Å². The molecule has 1 fully saturated rings. The van der Waals surface area contributed by atoms with Crippen molar-refractivity contribution < 1.29 is 38.1 Å². The van der Waals surface area contributed by atoms with E-state index in [4.69, 9.17) is 23.7 Å². The molecule has 0 spiro atoms. The van der Waals surface area contributed by atoms with Gasteiger partial charge in [0.15, 0.2) is 18.3 Å². The maximum Gasteiger partial charge on any atom is 0.338 e. The van der Waals surface area contributed by atoms with Gasteiger partial charge in [-0.2, -0.15) is 0 Å². The third kappa shape index (κ3) is 8.05. The number of carbonyl (C=O) groups is 3. The van der Waals surface area contributed by atoms with Gasteiger partial charge in [0.25, 0.3) is 0 Å². The number of methoxy groups -OCH3 is 1. The van der Waals surface area contributed by atoms with Gasteiger partial charge in [-0.15, -0.1) is 0 Å². The van der Waals surface area contributed by atoms with Crippen molar-refractivity contribution in [3.05, 3.63) is 83.9 Å². The zero-order valence-electron chi connectivity index (χ0n) is 24.1. The van der Waals surface area contributed by atoms with Crippen molar-refractivity contribution in [2.24, 2.45) is 17.8 Å². The first-order valence-electron chi connectivity index (χ1n) is 14.3. The van der Waals surface area contributed by atoms with Gasteiger partial charge in [-0.25, -0.2) is 14.4 Å². The molecule has 0 heterocycles. The largest absolute Gasteiger partial charge is 0.453 e. The Morgan fingerprint density at radius 3 is 1.93 bits per heavy atom. The molecule has 7 atom stereocenters. The predicted octanol–water partition coefficient (Wildman–Crippen LogP) is 5.41. The van der Waals surface area contributed by atoms with Crippen LogP contribution in [0.2, 0.25) is 0 Å². The molecular weight excluding hydrogens is 524 g/mol. The summed E-state index contributed by atoms with van der Waals surface area (Å²) in [5.74, 6) is -0.529. The molecule has 2 aliphatic carbocycles. The second-order valence-corrected chi connectivity index (χ2v) is 11.2. The molecule has 4 rings (SSSR count). The monoisotopic (exact) mass is 564 g/mol. The molecule has 0 saturated heterocycles. The minimum atomic E-state index is -1.16. The number of carbonyl (C=O) groups excluding carboxylic acids is 3. The second kappa shape index (κ2) is 14.4. The van der Waals surface area contributed by atoms with Crippen molar-refractivity contribution in [1.82, 2.24) is 0 Å². The number of hydrogen-bond acceptors (Lipinski definition) is 8. The highest BCUT2D eigenvalue weighted by Crippen LogP contribution is 2.35. The lowest BCUT2D eigenvalue weighted by Crippen LogP contribution is -2.53. The normalized spacial score (nSPS) is 27.7. The van der Waals surface area contributed by atoms with Crippen LogP contribution in [0.4, 0.5) is 0 Å². The summed E-state index contributed by atoms with van der Waals surface area (Å²) in [6.07, 6.45) is 2.29. The molecule has 0 bridgehead atoms. The highest BCUT2D eigenvalue weighted by Gasteiger charge is 2.44. The fourth-order valence-electron chi connectivity index (χ4n) is 5.60. The Bertz CT molecular complexity index is 1180. The standard InChI is InChI=1S/C33H40O8/c1-21(2)25-16-15-22(3)19-28(25)38-20-29(34)40-30-26(37-4)17-18-27(39-32(35)23-11-7-5-8-12-23)31(30)41-33(36)24-13-9-6-10-14-24/h5-14,17-18,21-22,25-28,30-31H,15-16,19-20H2,1-4H3/t22-,25+,26-,27+,28-,30+,31+/m1/s1. The molecule has 2 aliphatic rings. The summed E-state index contributed by atoms with van der Waals surface area (Å²) >= 11 is 0. The van der Waals surface area contributed by atoms with Gasteiger partial charge in [-0.1, -0.05) is 69.7 Å². The Morgan fingerprint density at radius 1 is 0.780 bits per heavy atom. The molecule has 41 heavy (non-hydrogen) atoms. The lowest BCUT2D eigenvalue weighted by Gasteiger charge is -2.38. The molecule has 0 N–H and O–H groups in total. The van der Waals surface area contributed by atoms with Crippen molar-refractivity contribution in [2.45, 2.75) is 70.6 Å². The van der Waals surface area contributed by atoms with E-state index in [1.54, 1.807) is 72.8 Å². The summed E-state index contributed by atoms with van der Waals surface area (Å²) in [7, 11) is 1.47. The Hall–Kier alpha value is -3.49. The smallest absolute Gasteiger partial charge is 0.338 e. The van der Waals surface area contributed by atoms with Crippen LogP contribution in [-0.2, 0) is 28.5 Å².